The van der Waals surface area contributed by atoms with E-state index in [2.05, 4.69) is 21.2 Å². The number of halogens is 1. The number of aryl methyl sites for hydroxylation is 2. The summed E-state index contributed by atoms with van der Waals surface area (Å²) < 4.78 is 11.8. The van der Waals surface area contributed by atoms with Gasteiger partial charge in [0.15, 0.2) is 11.5 Å². The van der Waals surface area contributed by atoms with Crippen molar-refractivity contribution in [2.75, 3.05) is 20.3 Å². The van der Waals surface area contributed by atoms with E-state index in [4.69, 9.17) is 14.5 Å². The van der Waals surface area contributed by atoms with E-state index in [1.54, 1.807) is 30.6 Å². The summed E-state index contributed by atoms with van der Waals surface area (Å²) in [7, 11) is 1.58. The molecule has 0 spiro atoms. The van der Waals surface area contributed by atoms with Crippen molar-refractivity contribution in [3.05, 3.63) is 37.7 Å². The van der Waals surface area contributed by atoms with Crippen molar-refractivity contribution in [3.8, 4) is 11.5 Å². The summed E-state index contributed by atoms with van der Waals surface area (Å²) in [6.07, 6.45) is 6.41. The van der Waals surface area contributed by atoms with Crippen LogP contribution in [0.15, 0.2) is 16.6 Å². The number of aromatic nitrogens is 1. The minimum absolute atomic E-state index is 0.127. The standard InChI is InChI=1S/C20H25BrN2O3S/c1-3-10-26-19-14(21)11-13(12-16(19)25-2)20(24)22-9-8-18-23-15-6-4-5-7-17(15)27-18/h11-12H,3-10H2,1-2H3,(H,22,24). The van der Waals surface area contributed by atoms with E-state index < -0.39 is 0 Å². The van der Waals surface area contributed by atoms with Crippen LogP contribution in [0.3, 0.4) is 0 Å². The van der Waals surface area contributed by atoms with Gasteiger partial charge in [0.05, 0.1) is 28.9 Å². The van der Waals surface area contributed by atoms with Crippen LogP contribution in [0.25, 0.3) is 0 Å². The number of carbonyl (C=O) groups excluding carboxylic acids is 1. The van der Waals surface area contributed by atoms with E-state index in [1.165, 1.54) is 23.4 Å². The van der Waals surface area contributed by atoms with E-state index in [0.717, 1.165) is 30.7 Å². The molecule has 0 atom stereocenters. The smallest absolute Gasteiger partial charge is 0.251 e. The van der Waals surface area contributed by atoms with Crippen LogP contribution in [-0.2, 0) is 19.3 Å². The van der Waals surface area contributed by atoms with Gasteiger partial charge in [-0.15, -0.1) is 11.3 Å². The van der Waals surface area contributed by atoms with Crippen molar-refractivity contribution in [1.29, 1.82) is 0 Å². The molecule has 0 aliphatic heterocycles. The fourth-order valence-corrected chi connectivity index (χ4v) is 4.81. The number of amides is 1. The van der Waals surface area contributed by atoms with Crippen molar-refractivity contribution in [2.24, 2.45) is 0 Å². The Morgan fingerprint density at radius 1 is 1.33 bits per heavy atom. The van der Waals surface area contributed by atoms with Gasteiger partial charge < -0.3 is 14.8 Å². The highest BCUT2D eigenvalue weighted by Gasteiger charge is 2.17. The largest absolute Gasteiger partial charge is 0.493 e. The third-order valence-electron chi connectivity index (χ3n) is 4.46. The van der Waals surface area contributed by atoms with Crippen molar-refractivity contribution < 1.29 is 14.3 Å². The summed E-state index contributed by atoms with van der Waals surface area (Å²) in [6.45, 7) is 3.21. The maximum absolute atomic E-state index is 12.5. The second-order valence-corrected chi connectivity index (χ2v) is 8.55. The van der Waals surface area contributed by atoms with Gasteiger partial charge in [0.25, 0.3) is 5.91 Å². The molecule has 1 aromatic heterocycles. The maximum Gasteiger partial charge on any atom is 0.251 e. The van der Waals surface area contributed by atoms with E-state index in [0.29, 0.717) is 34.7 Å². The van der Waals surface area contributed by atoms with E-state index >= 15 is 0 Å². The number of methoxy groups -OCH3 is 1. The molecular formula is C20H25BrN2O3S. The van der Waals surface area contributed by atoms with Crippen LogP contribution in [-0.4, -0.2) is 31.2 Å². The molecule has 0 saturated heterocycles. The highest BCUT2D eigenvalue weighted by Crippen LogP contribution is 2.36. The highest BCUT2D eigenvalue weighted by molar-refractivity contribution is 9.10. The second-order valence-electron chi connectivity index (χ2n) is 6.53. The Labute approximate surface area is 172 Å². The molecule has 0 fully saturated rings. The van der Waals surface area contributed by atoms with Crippen molar-refractivity contribution in [2.45, 2.75) is 45.4 Å². The average molecular weight is 453 g/mol. The lowest BCUT2D eigenvalue weighted by Crippen LogP contribution is -2.25. The molecule has 0 radical (unpaired) electrons. The second kappa shape index (κ2) is 9.55. The molecule has 146 valence electrons. The van der Waals surface area contributed by atoms with Gasteiger partial charge in [-0.1, -0.05) is 6.92 Å². The number of rotatable bonds is 8. The minimum Gasteiger partial charge on any atom is -0.493 e. The van der Waals surface area contributed by atoms with E-state index in [1.807, 2.05) is 6.92 Å². The number of ether oxygens (including phenoxy) is 2. The quantitative estimate of drug-likeness (QED) is 0.637. The topological polar surface area (TPSA) is 60.5 Å². The lowest BCUT2D eigenvalue weighted by Gasteiger charge is -2.14. The number of nitrogens with one attached hydrogen (secondary N) is 1. The summed E-state index contributed by atoms with van der Waals surface area (Å²) in [5.74, 6) is 1.05. The zero-order valence-electron chi connectivity index (χ0n) is 15.8. The summed E-state index contributed by atoms with van der Waals surface area (Å²) in [4.78, 5) is 18.7. The van der Waals surface area contributed by atoms with Gasteiger partial charge in [-0.2, -0.15) is 0 Å². The molecule has 1 N–H and O–H groups in total. The van der Waals surface area contributed by atoms with E-state index in [9.17, 15) is 4.79 Å². The van der Waals surface area contributed by atoms with Gasteiger partial charge in [-0.05, 0) is 60.2 Å². The number of fused-ring (bicyclic) bond motifs is 1. The molecule has 0 unspecified atom stereocenters. The number of nitrogens with zero attached hydrogens (tertiary/aromatic N) is 1. The minimum atomic E-state index is -0.127. The molecule has 3 rings (SSSR count). The Hall–Kier alpha value is -1.60. The van der Waals surface area contributed by atoms with Gasteiger partial charge in [-0.25, -0.2) is 4.98 Å². The molecule has 0 saturated carbocycles. The van der Waals surface area contributed by atoms with Crippen LogP contribution in [0.2, 0.25) is 0 Å². The first-order chi connectivity index (χ1) is 13.1. The van der Waals surface area contributed by atoms with Crippen LogP contribution < -0.4 is 14.8 Å². The first kappa shape index (κ1) is 20.1. The number of hydrogen-bond acceptors (Lipinski definition) is 5. The lowest BCUT2D eigenvalue weighted by molar-refractivity contribution is 0.0953. The molecule has 1 aliphatic rings. The molecule has 0 bridgehead atoms. The van der Waals surface area contributed by atoms with E-state index in [-0.39, 0.29) is 5.91 Å². The van der Waals surface area contributed by atoms with Gasteiger partial charge >= 0.3 is 0 Å². The fraction of sp³-hybridized carbons (Fsp3) is 0.500. The van der Waals surface area contributed by atoms with Crippen molar-refractivity contribution >= 4 is 33.2 Å². The number of carbonyl (C=O) groups is 1. The van der Waals surface area contributed by atoms with Crippen LogP contribution in [0.1, 0.15) is 52.1 Å². The normalized spacial score (nSPS) is 13.1. The first-order valence-electron chi connectivity index (χ1n) is 9.38. The summed E-state index contributed by atoms with van der Waals surface area (Å²) in [5.41, 5.74) is 1.81. The predicted octanol–water partition coefficient (Wildman–Crippen LogP) is 4.55. The molecule has 1 aromatic carbocycles. The molecule has 1 amide bonds. The summed E-state index contributed by atoms with van der Waals surface area (Å²) in [5, 5.41) is 4.09. The molecule has 5 nitrogen and oxygen atoms in total. The van der Waals surface area contributed by atoms with Crippen LogP contribution in [0, 0.1) is 0 Å². The zero-order chi connectivity index (χ0) is 19.2. The number of benzene rings is 1. The molecule has 1 aliphatic carbocycles. The van der Waals surface area contributed by atoms with Crippen LogP contribution in [0.4, 0.5) is 0 Å². The van der Waals surface area contributed by atoms with Crippen LogP contribution in [0.5, 0.6) is 11.5 Å². The SMILES string of the molecule is CCCOc1c(Br)cc(C(=O)NCCc2nc3c(s2)CCCC3)cc1OC. The van der Waals surface area contributed by atoms with Gasteiger partial charge in [0.1, 0.15) is 0 Å². The Bertz CT molecular complexity index is 783. The molecule has 2 aromatic rings. The summed E-state index contributed by atoms with van der Waals surface area (Å²) in [6, 6.07) is 3.48. The van der Waals surface area contributed by atoms with Crippen molar-refractivity contribution in [3.63, 3.8) is 0 Å². The Kier molecular flexibility index (Phi) is 7.13. The third kappa shape index (κ3) is 5.02. The first-order valence-corrected chi connectivity index (χ1v) is 11.0. The number of thiazole rings is 1. The Morgan fingerprint density at radius 2 is 2.15 bits per heavy atom. The third-order valence-corrected chi connectivity index (χ3v) is 6.26. The molecule has 1 heterocycles. The molecule has 7 heteroatoms. The molecule has 27 heavy (non-hydrogen) atoms. The van der Waals surface area contributed by atoms with Crippen LogP contribution >= 0.6 is 27.3 Å². The average Bonchev–Trinajstić information content (AvgIpc) is 3.09. The number of hydrogen-bond donors (Lipinski definition) is 1. The predicted molar refractivity (Wildman–Crippen MR) is 111 cm³/mol. The lowest BCUT2D eigenvalue weighted by atomic mass is 10.0. The Balaban J connectivity index is 1.60. The maximum atomic E-state index is 12.5. The molecular weight excluding hydrogens is 428 g/mol. The van der Waals surface area contributed by atoms with Crippen molar-refractivity contribution in [1.82, 2.24) is 10.3 Å². The fourth-order valence-electron chi connectivity index (χ4n) is 3.09. The van der Waals surface area contributed by atoms with Gasteiger partial charge in [0.2, 0.25) is 0 Å². The van der Waals surface area contributed by atoms with Gasteiger partial charge in [-0.3, -0.25) is 4.79 Å². The monoisotopic (exact) mass is 452 g/mol. The summed E-state index contributed by atoms with van der Waals surface area (Å²) >= 11 is 5.28. The zero-order valence-corrected chi connectivity index (χ0v) is 18.2. The van der Waals surface area contributed by atoms with Gasteiger partial charge in [0, 0.05) is 23.4 Å². The Morgan fingerprint density at radius 3 is 2.89 bits per heavy atom. The highest BCUT2D eigenvalue weighted by atomic mass is 79.9.